The van der Waals surface area contributed by atoms with E-state index in [-0.39, 0.29) is 60.3 Å². The number of phenolic OH excluding ortho intramolecular Hbond substituents is 1. The summed E-state index contributed by atoms with van der Waals surface area (Å²) >= 11 is 0. The van der Waals surface area contributed by atoms with Crippen LogP contribution in [0, 0.1) is 25.1 Å². The van der Waals surface area contributed by atoms with Crippen LogP contribution in [-0.4, -0.2) is 75.6 Å². The number of hydrogen-bond donors (Lipinski definition) is 2. The van der Waals surface area contributed by atoms with Gasteiger partial charge >= 0.3 is 0 Å². The van der Waals surface area contributed by atoms with Crippen LogP contribution in [0.3, 0.4) is 0 Å². The number of carbonyl (C=O) groups excluding carboxylic acids is 2. The fourth-order valence-corrected chi connectivity index (χ4v) is 6.07. The average Bonchev–Trinajstić information content (AvgIpc) is 3.04. The fraction of sp³-hybridized carbons (Fsp3) is 0.294. The van der Waals surface area contributed by atoms with Gasteiger partial charge in [-0.15, -0.1) is 0 Å². The minimum Gasteiger partial charge on any atom is -0.507 e. The number of aryl methyl sites for hydroxylation is 1. The highest BCUT2D eigenvalue weighted by Crippen LogP contribution is 2.38. The number of halogens is 2. The topological polar surface area (TPSA) is 125 Å². The van der Waals surface area contributed by atoms with Crippen molar-refractivity contribution in [2.75, 3.05) is 38.1 Å². The average molecular weight is 642 g/mol. The molecule has 0 radical (unpaired) electrons. The van der Waals surface area contributed by atoms with Crippen molar-refractivity contribution in [3.8, 4) is 22.7 Å². The van der Waals surface area contributed by atoms with Gasteiger partial charge in [-0.25, -0.2) is 20.3 Å². The third-order valence-corrected chi connectivity index (χ3v) is 8.24. The molecule has 11 nitrogen and oxygen atoms in total. The number of nitrogens with zero attached hydrogens (tertiary/aromatic N) is 6. The molecule has 47 heavy (non-hydrogen) atoms. The number of nitrogens with one attached hydrogen (secondary N) is 1. The van der Waals surface area contributed by atoms with Crippen molar-refractivity contribution in [1.82, 2.24) is 24.8 Å². The molecule has 1 fully saturated rings. The minimum absolute atomic E-state index is 0.0329. The Morgan fingerprint density at radius 3 is 2.60 bits per heavy atom. The van der Waals surface area contributed by atoms with Crippen molar-refractivity contribution >= 4 is 28.5 Å². The molecule has 5 rings (SSSR count). The van der Waals surface area contributed by atoms with Crippen LogP contribution in [0.5, 0.6) is 5.75 Å². The molecule has 1 saturated heterocycles. The van der Waals surface area contributed by atoms with Gasteiger partial charge in [-0.1, -0.05) is 26.5 Å². The number of pyridine rings is 3. The van der Waals surface area contributed by atoms with Crippen LogP contribution >= 0.6 is 0 Å². The molecule has 4 heterocycles. The van der Waals surface area contributed by atoms with Gasteiger partial charge in [0.15, 0.2) is 11.5 Å². The SMILES string of the molecule is [C-]#[N+]C[C@H]1CN(c2c(C(=O)NC)c(=O)n(-c3c(C)ccnc3C(C)C)c3nc(-c4c(O)cccc4F)c(F)cc23)CCN1C(=O)C=C. The number of aromatic nitrogens is 3. The second kappa shape index (κ2) is 13.0. The Hall–Kier alpha value is -5.64. The molecule has 2 amide bonds. The number of phenols is 1. The lowest BCUT2D eigenvalue weighted by molar-refractivity contribution is -0.128. The first-order chi connectivity index (χ1) is 22.4. The van der Waals surface area contributed by atoms with E-state index in [0.29, 0.717) is 16.9 Å². The number of amides is 2. The van der Waals surface area contributed by atoms with E-state index in [1.807, 2.05) is 13.8 Å². The third-order valence-electron chi connectivity index (χ3n) is 8.24. The normalized spacial score (nSPS) is 14.7. The Labute approximate surface area is 269 Å². The van der Waals surface area contributed by atoms with E-state index < -0.39 is 46.1 Å². The molecule has 0 spiro atoms. The second-order valence-corrected chi connectivity index (χ2v) is 11.5. The lowest BCUT2D eigenvalue weighted by atomic mass is 10.0. The van der Waals surface area contributed by atoms with E-state index >= 15 is 8.78 Å². The first-order valence-corrected chi connectivity index (χ1v) is 14.9. The molecule has 3 aromatic heterocycles. The molecular weight excluding hydrogens is 608 g/mol. The first-order valence-electron chi connectivity index (χ1n) is 14.9. The molecule has 1 aromatic carbocycles. The van der Waals surface area contributed by atoms with Gasteiger partial charge < -0.3 is 25.1 Å². The van der Waals surface area contributed by atoms with Crippen molar-refractivity contribution in [3.05, 3.63) is 99.4 Å². The molecule has 242 valence electrons. The van der Waals surface area contributed by atoms with Gasteiger partial charge in [0, 0.05) is 38.3 Å². The van der Waals surface area contributed by atoms with Crippen molar-refractivity contribution in [2.24, 2.45) is 0 Å². The quantitative estimate of drug-likeness (QED) is 0.227. The van der Waals surface area contributed by atoms with Gasteiger partial charge in [-0.2, -0.15) is 0 Å². The zero-order valence-electron chi connectivity index (χ0n) is 26.3. The second-order valence-electron chi connectivity index (χ2n) is 11.5. The summed E-state index contributed by atoms with van der Waals surface area (Å²) in [5, 5.41) is 13.1. The highest BCUT2D eigenvalue weighted by atomic mass is 19.1. The maximum atomic E-state index is 16.2. The number of hydrogen-bond acceptors (Lipinski definition) is 7. The minimum atomic E-state index is -1.02. The summed E-state index contributed by atoms with van der Waals surface area (Å²) in [4.78, 5) is 56.7. The smallest absolute Gasteiger partial charge is 0.271 e. The van der Waals surface area contributed by atoms with Gasteiger partial charge in [0.2, 0.25) is 12.5 Å². The predicted molar refractivity (Wildman–Crippen MR) is 174 cm³/mol. The molecule has 0 aliphatic carbocycles. The Bertz CT molecular complexity index is 2020. The Morgan fingerprint density at radius 2 is 1.96 bits per heavy atom. The van der Waals surface area contributed by atoms with Gasteiger partial charge in [-0.05, 0) is 48.7 Å². The number of anilines is 1. The monoisotopic (exact) mass is 641 g/mol. The Kier molecular flexibility index (Phi) is 9.05. The van der Waals surface area contributed by atoms with Crippen molar-refractivity contribution in [3.63, 3.8) is 0 Å². The Balaban J connectivity index is 1.95. The predicted octanol–water partition coefficient (Wildman–Crippen LogP) is 4.35. The van der Waals surface area contributed by atoms with E-state index in [9.17, 15) is 19.5 Å². The van der Waals surface area contributed by atoms with Crippen LogP contribution in [0.25, 0.3) is 32.8 Å². The number of rotatable bonds is 7. The van der Waals surface area contributed by atoms with Crippen LogP contribution in [0.1, 0.15) is 41.4 Å². The lowest BCUT2D eigenvalue weighted by Gasteiger charge is -2.41. The maximum Gasteiger partial charge on any atom is 0.271 e. The van der Waals surface area contributed by atoms with E-state index in [1.54, 1.807) is 24.1 Å². The first kappa shape index (κ1) is 32.7. The van der Waals surface area contributed by atoms with Crippen LogP contribution in [0.2, 0.25) is 0 Å². The fourth-order valence-electron chi connectivity index (χ4n) is 6.07. The van der Waals surface area contributed by atoms with Gasteiger partial charge in [-0.3, -0.25) is 23.9 Å². The highest BCUT2D eigenvalue weighted by molar-refractivity contribution is 6.07. The number of piperazine rings is 1. The summed E-state index contributed by atoms with van der Waals surface area (Å²) in [5.74, 6) is -3.83. The van der Waals surface area contributed by atoms with Crippen molar-refractivity contribution < 1.29 is 23.5 Å². The van der Waals surface area contributed by atoms with Crippen LogP contribution in [-0.2, 0) is 4.79 Å². The largest absolute Gasteiger partial charge is 0.507 e. The summed E-state index contributed by atoms with van der Waals surface area (Å²) in [6.07, 6.45) is 2.74. The van der Waals surface area contributed by atoms with Gasteiger partial charge in [0.1, 0.15) is 28.9 Å². The summed E-state index contributed by atoms with van der Waals surface area (Å²) in [7, 11) is 1.36. The molecule has 0 saturated carbocycles. The van der Waals surface area contributed by atoms with Crippen molar-refractivity contribution in [2.45, 2.75) is 32.7 Å². The molecule has 0 unspecified atom stereocenters. The molecule has 1 atom stereocenters. The maximum absolute atomic E-state index is 16.2. The van der Waals surface area contributed by atoms with E-state index in [0.717, 1.165) is 18.2 Å². The number of carbonyl (C=O) groups is 2. The summed E-state index contributed by atoms with van der Waals surface area (Å²) in [6.45, 7) is 16.7. The van der Waals surface area contributed by atoms with E-state index in [2.05, 4.69) is 26.7 Å². The third kappa shape index (κ3) is 5.67. The molecule has 13 heteroatoms. The van der Waals surface area contributed by atoms with Gasteiger partial charge in [0.25, 0.3) is 11.5 Å². The van der Waals surface area contributed by atoms with E-state index in [4.69, 9.17) is 6.57 Å². The number of aromatic hydroxyl groups is 1. The molecule has 4 aromatic rings. The van der Waals surface area contributed by atoms with Crippen LogP contribution in [0.4, 0.5) is 14.5 Å². The molecular formula is C34H33F2N7O4. The summed E-state index contributed by atoms with van der Waals surface area (Å²) in [5.41, 5.74) is -0.778. The molecule has 2 N–H and O–H groups in total. The number of fused-ring (bicyclic) bond motifs is 1. The standard InChI is InChI=1S/C34H33F2N7O4/c1-7-25(45)42-14-13-41(17-20(42)16-37-5)31-21-15-23(36)29(26-22(35)9-8-10-24(26)44)40-32(21)43(34(47)27(31)33(46)38-6)30-19(4)11-12-39-28(30)18(2)3/h7-12,15,18,20,44H,1,13-14,16-17H2,2-4,6H3,(H,38,46)/t20-/m0/s1. The van der Waals surface area contributed by atoms with Crippen LogP contribution < -0.4 is 15.8 Å². The van der Waals surface area contributed by atoms with Crippen molar-refractivity contribution in [1.29, 1.82) is 0 Å². The summed E-state index contributed by atoms with van der Waals surface area (Å²) in [6, 6.07) is 5.62. The zero-order chi connectivity index (χ0) is 34.2. The number of benzene rings is 1. The highest BCUT2D eigenvalue weighted by Gasteiger charge is 2.36. The lowest BCUT2D eigenvalue weighted by Crippen LogP contribution is -2.56. The molecule has 1 aliphatic rings. The van der Waals surface area contributed by atoms with Gasteiger partial charge in [0.05, 0.1) is 22.6 Å². The summed E-state index contributed by atoms with van der Waals surface area (Å²) < 4.78 is 32.5. The molecule has 0 bridgehead atoms. The van der Waals surface area contributed by atoms with E-state index in [1.165, 1.54) is 28.6 Å². The Morgan fingerprint density at radius 1 is 1.21 bits per heavy atom. The van der Waals surface area contributed by atoms with Crippen LogP contribution in [0.15, 0.2) is 54.0 Å². The zero-order valence-corrected chi connectivity index (χ0v) is 26.3. The molecule has 1 aliphatic heterocycles.